The van der Waals surface area contributed by atoms with Crippen molar-refractivity contribution < 1.29 is 4.74 Å². The zero-order valence-electron chi connectivity index (χ0n) is 11.3. The average molecular weight is 269 g/mol. The second-order valence-electron chi connectivity index (χ2n) is 5.15. The van der Waals surface area contributed by atoms with Gasteiger partial charge < -0.3 is 10.1 Å². The van der Waals surface area contributed by atoms with Gasteiger partial charge in [0.2, 0.25) is 0 Å². The summed E-state index contributed by atoms with van der Waals surface area (Å²) in [4.78, 5) is 0. The zero-order valence-corrected chi connectivity index (χ0v) is 12.1. The van der Waals surface area contributed by atoms with Gasteiger partial charge in [-0.25, -0.2) is 0 Å². The second-order valence-corrected chi connectivity index (χ2v) is 6.17. The van der Waals surface area contributed by atoms with E-state index in [-0.39, 0.29) is 0 Å². The van der Waals surface area contributed by atoms with Crippen LogP contribution in [0.5, 0.6) is 5.19 Å². The highest BCUT2D eigenvalue weighted by molar-refractivity contribution is 7.13. The molecule has 2 unspecified atom stereocenters. The van der Waals surface area contributed by atoms with Gasteiger partial charge in [0.1, 0.15) is 11.1 Å². The van der Waals surface area contributed by atoms with Crippen LogP contribution in [0.1, 0.15) is 51.0 Å². The molecule has 1 fully saturated rings. The summed E-state index contributed by atoms with van der Waals surface area (Å²) in [5, 5.41) is 13.4. The highest BCUT2D eigenvalue weighted by Crippen LogP contribution is 2.28. The quantitative estimate of drug-likeness (QED) is 0.807. The third-order valence-electron chi connectivity index (χ3n) is 3.31. The monoisotopic (exact) mass is 269 g/mol. The molecule has 0 amide bonds. The van der Waals surface area contributed by atoms with Gasteiger partial charge in [-0.1, -0.05) is 36.7 Å². The lowest BCUT2D eigenvalue weighted by molar-refractivity contribution is 0.128. The maximum Gasteiger partial charge on any atom is 0.294 e. The minimum atomic E-state index is 0.346. The Morgan fingerprint density at radius 1 is 1.39 bits per heavy atom. The fourth-order valence-electron chi connectivity index (χ4n) is 2.36. The normalized spacial score (nSPS) is 24.1. The first-order chi connectivity index (χ1) is 8.78. The van der Waals surface area contributed by atoms with Crippen LogP contribution in [-0.4, -0.2) is 22.8 Å². The molecule has 1 aliphatic carbocycles. The van der Waals surface area contributed by atoms with Gasteiger partial charge in [-0.15, -0.1) is 5.10 Å². The molecule has 0 bridgehead atoms. The minimum absolute atomic E-state index is 0.346. The van der Waals surface area contributed by atoms with E-state index in [1.54, 1.807) is 11.3 Å². The van der Waals surface area contributed by atoms with E-state index in [1.807, 2.05) is 0 Å². The highest BCUT2D eigenvalue weighted by Gasteiger charge is 2.21. The largest absolute Gasteiger partial charge is 0.466 e. The van der Waals surface area contributed by atoms with Crippen molar-refractivity contribution >= 4 is 11.3 Å². The Labute approximate surface area is 113 Å². The van der Waals surface area contributed by atoms with Crippen molar-refractivity contribution in [3.8, 4) is 5.19 Å². The van der Waals surface area contributed by atoms with Crippen LogP contribution in [0.3, 0.4) is 0 Å². The van der Waals surface area contributed by atoms with Crippen LogP contribution in [-0.2, 0) is 6.54 Å². The number of hydrogen-bond acceptors (Lipinski definition) is 5. The number of hydrogen-bond donors (Lipinski definition) is 1. The van der Waals surface area contributed by atoms with Gasteiger partial charge in [0, 0.05) is 6.54 Å². The average Bonchev–Trinajstić information content (AvgIpc) is 2.77. The molecule has 1 saturated carbocycles. The van der Waals surface area contributed by atoms with Crippen molar-refractivity contribution in [2.45, 2.75) is 58.6 Å². The number of ether oxygens (including phenoxy) is 1. The fraction of sp³-hybridized carbons (Fsp3) is 0.846. The molecule has 1 aliphatic rings. The third-order valence-corrected chi connectivity index (χ3v) is 4.12. The first-order valence-corrected chi connectivity index (χ1v) is 7.79. The molecule has 102 valence electrons. The Balaban J connectivity index is 1.78. The Hall–Kier alpha value is -0.680. The van der Waals surface area contributed by atoms with Gasteiger partial charge >= 0.3 is 0 Å². The molecule has 0 spiro atoms. The van der Waals surface area contributed by atoms with Crippen molar-refractivity contribution in [3.05, 3.63) is 5.01 Å². The van der Waals surface area contributed by atoms with Crippen LogP contribution < -0.4 is 10.1 Å². The number of rotatable bonds is 6. The summed E-state index contributed by atoms with van der Waals surface area (Å²) in [7, 11) is 0. The molecule has 4 nitrogen and oxygen atoms in total. The van der Waals surface area contributed by atoms with Crippen molar-refractivity contribution in [1.29, 1.82) is 0 Å². The Kier molecular flexibility index (Phi) is 5.38. The van der Waals surface area contributed by atoms with Gasteiger partial charge in [0.25, 0.3) is 5.19 Å². The molecular formula is C13H23N3OS. The highest BCUT2D eigenvalue weighted by atomic mass is 32.1. The second kappa shape index (κ2) is 7.04. The first-order valence-electron chi connectivity index (χ1n) is 6.97. The van der Waals surface area contributed by atoms with Crippen LogP contribution in [0, 0.1) is 5.92 Å². The Morgan fingerprint density at radius 2 is 2.28 bits per heavy atom. The topological polar surface area (TPSA) is 47.0 Å². The molecule has 0 aromatic carbocycles. The number of aromatic nitrogens is 2. The molecular weight excluding hydrogens is 246 g/mol. The molecule has 5 heteroatoms. The van der Waals surface area contributed by atoms with Crippen molar-refractivity contribution in [3.63, 3.8) is 0 Å². The third kappa shape index (κ3) is 4.21. The first kappa shape index (κ1) is 13.7. The van der Waals surface area contributed by atoms with Crippen molar-refractivity contribution in [1.82, 2.24) is 15.5 Å². The summed E-state index contributed by atoms with van der Waals surface area (Å²) in [6.07, 6.45) is 6.41. The van der Waals surface area contributed by atoms with Crippen molar-refractivity contribution in [2.75, 3.05) is 6.54 Å². The van der Waals surface area contributed by atoms with E-state index < -0.39 is 0 Å². The summed E-state index contributed by atoms with van der Waals surface area (Å²) >= 11 is 1.57. The fourth-order valence-corrected chi connectivity index (χ4v) is 3.08. The summed E-state index contributed by atoms with van der Waals surface area (Å²) in [5.74, 6) is 0.780. The van der Waals surface area contributed by atoms with E-state index >= 15 is 0 Å². The van der Waals surface area contributed by atoms with E-state index in [9.17, 15) is 0 Å². The van der Waals surface area contributed by atoms with E-state index in [0.717, 1.165) is 48.5 Å². The van der Waals surface area contributed by atoms with Crippen LogP contribution in [0.2, 0.25) is 0 Å². The van der Waals surface area contributed by atoms with Gasteiger partial charge in [-0.3, -0.25) is 0 Å². The SMILES string of the molecule is CCCNCc1nnc(OC2CCCC(C)C2)s1. The minimum Gasteiger partial charge on any atom is -0.466 e. The van der Waals surface area contributed by atoms with Crippen molar-refractivity contribution in [2.24, 2.45) is 5.92 Å². The molecule has 2 rings (SSSR count). The molecule has 1 aromatic heterocycles. The molecule has 0 saturated heterocycles. The number of nitrogens with one attached hydrogen (secondary N) is 1. The molecule has 1 heterocycles. The lowest BCUT2D eigenvalue weighted by atomic mass is 9.89. The lowest BCUT2D eigenvalue weighted by Gasteiger charge is -2.25. The van der Waals surface area contributed by atoms with E-state index in [0.29, 0.717) is 6.10 Å². The zero-order chi connectivity index (χ0) is 12.8. The maximum absolute atomic E-state index is 5.93. The van der Waals surface area contributed by atoms with Gasteiger partial charge in [-0.2, -0.15) is 0 Å². The van der Waals surface area contributed by atoms with Gasteiger partial charge in [-0.05, 0) is 38.1 Å². The summed E-state index contributed by atoms with van der Waals surface area (Å²) in [5.41, 5.74) is 0. The van der Waals surface area contributed by atoms with Gasteiger partial charge in [0.05, 0.1) is 0 Å². The van der Waals surface area contributed by atoms with Crippen LogP contribution in [0.4, 0.5) is 0 Å². The smallest absolute Gasteiger partial charge is 0.294 e. The van der Waals surface area contributed by atoms with Crippen LogP contribution in [0.15, 0.2) is 0 Å². The molecule has 0 radical (unpaired) electrons. The van der Waals surface area contributed by atoms with Crippen LogP contribution >= 0.6 is 11.3 Å². The summed E-state index contributed by atoms with van der Waals surface area (Å²) in [6.45, 7) is 6.29. The molecule has 0 aliphatic heterocycles. The Morgan fingerprint density at radius 3 is 3.06 bits per heavy atom. The predicted octanol–water partition coefficient (Wildman–Crippen LogP) is 3.00. The van der Waals surface area contributed by atoms with Crippen LogP contribution in [0.25, 0.3) is 0 Å². The molecule has 1 aromatic rings. The maximum atomic E-state index is 5.93. The summed E-state index contributed by atoms with van der Waals surface area (Å²) < 4.78 is 5.93. The van der Waals surface area contributed by atoms with E-state index in [1.165, 1.54) is 12.8 Å². The van der Waals surface area contributed by atoms with E-state index in [4.69, 9.17) is 4.74 Å². The van der Waals surface area contributed by atoms with Gasteiger partial charge in [0.15, 0.2) is 0 Å². The Bertz CT molecular complexity index is 356. The summed E-state index contributed by atoms with van der Waals surface area (Å²) in [6, 6.07) is 0. The standard InChI is InChI=1S/C13H23N3OS/c1-3-7-14-9-12-15-16-13(18-12)17-11-6-4-5-10(2)8-11/h10-11,14H,3-9H2,1-2H3. The number of nitrogens with zero attached hydrogens (tertiary/aromatic N) is 2. The van der Waals surface area contributed by atoms with E-state index in [2.05, 4.69) is 29.4 Å². The molecule has 18 heavy (non-hydrogen) atoms. The lowest BCUT2D eigenvalue weighted by Crippen LogP contribution is -2.23. The predicted molar refractivity (Wildman–Crippen MR) is 74.0 cm³/mol. The molecule has 1 N–H and O–H groups in total. The molecule has 2 atom stereocenters.